The van der Waals surface area contributed by atoms with E-state index in [1.807, 2.05) is 12.1 Å². The van der Waals surface area contributed by atoms with E-state index < -0.39 is 0 Å². The first kappa shape index (κ1) is 16.0. The lowest BCUT2D eigenvalue weighted by molar-refractivity contribution is -0.122. The van der Waals surface area contributed by atoms with E-state index in [-0.39, 0.29) is 37.4 Å². The van der Waals surface area contributed by atoms with E-state index in [9.17, 15) is 9.59 Å². The summed E-state index contributed by atoms with van der Waals surface area (Å²) >= 11 is 0. The van der Waals surface area contributed by atoms with Gasteiger partial charge in [0.25, 0.3) is 5.91 Å². The number of benzene rings is 1. The molecule has 3 rings (SSSR count). The van der Waals surface area contributed by atoms with Crippen LogP contribution in [0.3, 0.4) is 0 Å². The van der Waals surface area contributed by atoms with Crippen molar-refractivity contribution in [1.29, 1.82) is 0 Å². The molecule has 126 valence electrons. The molecule has 0 aliphatic carbocycles. The van der Waals surface area contributed by atoms with Crippen LogP contribution in [0.1, 0.15) is 31.1 Å². The van der Waals surface area contributed by atoms with Gasteiger partial charge in [0.15, 0.2) is 12.4 Å². The predicted molar refractivity (Wildman–Crippen MR) is 84.5 cm³/mol. The number of anilines is 1. The van der Waals surface area contributed by atoms with E-state index in [2.05, 4.69) is 15.5 Å². The third-order valence-corrected chi connectivity index (χ3v) is 3.66. The van der Waals surface area contributed by atoms with Crippen LogP contribution < -0.4 is 15.0 Å². The SMILES string of the molecule is Cc1noc([C@@H](C)NC(=O)CCN2C(=O)COc3ccccc32)n1. The zero-order valence-corrected chi connectivity index (χ0v) is 13.5. The molecule has 1 N–H and O–H groups in total. The van der Waals surface area contributed by atoms with E-state index >= 15 is 0 Å². The zero-order valence-electron chi connectivity index (χ0n) is 13.5. The molecule has 8 heteroatoms. The molecule has 1 aliphatic rings. The van der Waals surface area contributed by atoms with Crippen LogP contribution in [0.25, 0.3) is 0 Å². The van der Waals surface area contributed by atoms with Crippen LogP contribution in [0.2, 0.25) is 0 Å². The molecule has 0 spiro atoms. The summed E-state index contributed by atoms with van der Waals surface area (Å²) in [6.07, 6.45) is 0.164. The summed E-state index contributed by atoms with van der Waals surface area (Å²) in [5.74, 6) is 1.15. The van der Waals surface area contributed by atoms with E-state index in [4.69, 9.17) is 9.26 Å². The minimum Gasteiger partial charge on any atom is -0.482 e. The molecule has 0 unspecified atom stereocenters. The van der Waals surface area contributed by atoms with E-state index in [0.717, 1.165) is 0 Å². The van der Waals surface area contributed by atoms with Crippen molar-refractivity contribution >= 4 is 17.5 Å². The Hall–Kier alpha value is -2.90. The lowest BCUT2D eigenvalue weighted by Crippen LogP contribution is -2.41. The molecular weight excluding hydrogens is 312 g/mol. The maximum atomic E-state index is 12.1. The maximum Gasteiger partial charge on any atom is 0.265 e. The molecule has 0 radical (unpaired) electrons. The van der Waals surface area contributed by atoms with E-state index in [1.165, 1.54) is 0 Å². The van der Waals surface area contributed by atoms with Gasteiger partial charge in [-0.3, -0.25) is 9.59 Å². The molecule has 0 saturated carbocycles. The first-order valence-electron chi connectivity index (χ1n) is 7.66. The molecular formula is C16H18N4O4. The average molecular weight is 330 g/mol. The number of rotatable bonds is 5. The van der Waals surface area contributed by atoms with E-state index in [1.54, 1.807) is 30.9 Å². The van der Waals surface area contributed by atoms with Crippen LogP contribution in [0.15, 0.2) is 28.8 Å². The van der Waals surface area contributed by atoms with E-state index in [0.29, 0.717) is 23.2 Å². The van der Waals surface area contributed by atoms with Crippen LogP contribution in [-0.4, -0.2) is 35.1 Å². The smallest absolute Gasteiger partial charge is 0.265 e. The molecule has 1 aliphatic heterocycles. The third kappa shape index (κ3) is 3.37. The first-order valence-corrected chi connectivity index (χ1v) is 7.66. The van der Waals surface area contributed by atoms with Gasteiger partial charge >= 0.3 is 0 Å². The number of nitrogens with zero attached hydrogens (tertiary/aromatic N) is 3. The number of fused-ring (bicyclic) bond motifs is 1. The number of aromatic nitrogens is 2. The molecule has 1 aromatic heterocycles. The van der Waals surface area contributed by atoms with Gasteiger partial charge in [0.2, 0.25) is 11.8 Å². The molecule has 0 saturated heterocycles. The lowest BCUT2D eigenvalue weighted by atomic mass is 10.2. The fraction of sp³-hybridized carbons (Fsp3) is 0.375. The van der Waals surface area contributed by atoms with Gasteiger partial charge in [-0.05, 0) is 26.0 Å². The van der Waals surface area contributed by atoms with Crippen molar-refractivity contribution in [2.75, 3.05) is 18.1 Å². The highest BCUT2D eigenvalue weighted by molar-refractivity contribution is 5.98. The Balaban J connectivity index is 1.59. The Morgan fingerprint density at radius 3 is 2.96 bits per heavy atom. The molecule has 0 fully saturated rings. The van der Waals surface area contributed by atoms with Gasteiger partial charge in [-0.1, -0.05) is 17.3 Å². The number of hydrogen-bond acceptors (Lipinski definition) is 6. The highest BCUT2D eigenvalue weighted by Gasteiger charge is 2.25. The van der Waals surface area contributed by atoms with Gasteiger partial charge in [-0.2, -0.15) is 4.98 Å². The van der Waals surface area contributed by atoms with Crippen molar-refractivity contribution < 1.29 is 18.8 Å². The predicted octanol–water partition coefficient (Wildman–Crippen LogP) is 1.37. The molecule has 1 aromatic carbocycles. The summed E-state index contributed by atoms with van der Waals surface area (Å²) in [6.45, 7) is 3.74. The van der Waals surface area contributed by atoms with Crippen molar-refractivity contribution in [1.82, 2.24) is 15.5 Å². The summed E-state index contributed by atoms with van der Waals surface area (Å²) in [6, 6.07) is 6.89. The molecule has 1 atom stereocenters. The topological polar surface area (TPSA) is 97.6 Å². The van der Waals surface area contributed by atoms with Crippen molar-refractivity contribution in [3.05, 3.63) is 36.0 Å². The quantitative estimate of drug-likeness (QED) is 0.889. The van der Waals surface area contributed by atoms with Gasteiger partial charge in [0, 0.05) is 13.0 Å². The Labute approximate surface area is 138 Å². The number of carbonyl (C=O) groups is 2. The number of para-hydroxylation sites is 2. The zero-order chi connectivity index (χ0) is 17.1. The number of aryl methyl sites for hydroxylation is 1. The van der Waals surface area contributed by atoms with Crippen LogP contribution in [0.4, 0.5) is 5.69 Å². The summed E-state index contributed by atoms with van der Waals surface area (Å²) in [7, 11) is 0. The summed E-state index contributed by atoms with van der Waals surface area (Å²) in [4.78, 5) is 29.8. The summed E-state index contributed by atoms with van der Waals surface area (Å²) < 4.78 is 10.4. The van der Waals surface area contributed by atoms with Crippen molar-refractivity contribution in [2.24, 2.45) is 0 Å². The minimum atomic E-state index is -0.383. The van der Waals surface area contributed by atoms with Gasteiger partial charge in [0.1, 0.15) is 11.8 Å². The lowest BCUT2D eigenvalue weighted by Gasteiger charge is -2.29. The Kier molecular flexibility index (Phi) is 4.45. The second kappa shape index (κ2) is 6.69. The molecule has 24 heavy (non-hydrogen) atoms. The van der Waals surface area contributed by atoms with Crippen molar-refractivity contribution in [3.8, 4) is 5.75 Å². The van der Waals surface area contributed by atoms with Crippen LogP contribution in [-0.2, 0) is 9.59 Å². The largest absolute Gasteiger partial charge is 0.482 e. The van der Waals surface area contributed by atoms with Gasteiger partial charge in [-0.15, -0.1) is 0 Å². The first-order chi connectivity index (χ1) is 11.5. The second-order valence-corrected chi connectivity index (χ2v) is 5.52. The van der Waals surface area contributed by atoms with Crippen LogP contribution in [0, 0.1) is 6.92 Å². The van der Waals surface area contributed by atoms with Crippen molar-refractivity contribution in [2.45, 2.75) is 26.3 Å². The standard InChI is InChI=1S/C16H18N4O4/c1-10(16-18-11(2)19-24-16)17-14(21)7-8-20-12-5-3-4-6-13(12)23-9-15(20)22/h3-6,10H,7-9H2,1-2H3,(H,17,21)/t10-/m1/s1. The summed E-state index contributed by atoms with van der Waals surface area (Å²) in [5, 5.41) is 6.48. The monoisotopic (exact) mass is 330 g/mol. The van der Waals surface area contributed by atoms with Gasteiger partial charge in [0.05, 0.1) is 5.69 Å². The second-order valence-electron chi connectivity index (χ2n) is 5.52. The highest BCUT2D eigenvalue weighted by Crippen LogP contribution is 2.31. The minimum absolute atomic E-state index is 0.0176. The molecule has 8 nitrogen and oxygen atoms in total. The maximum absolute atomic E-state index is 12.1. The third-order valence-electron chi connectivity index (χ3n) is 3.66. The molecule has 2 aromatic rings. The highest BCUT2D eigenvalue weighted by atomic mass is 16.5. The normalized spacial score (nSPS) is 14.8. The Morgan fingerprint density at radius 2 is 2.21 bits per heavy atom. The fourth-order valence-corrected chi connectivity index (χ4v) is 2.48. The molecule has 2 amide bonds. The average Bonchev–Trinajstić information content (AvgIpc) is 3.00. The Bertz CT molecular complexity index is 758. The van der Waals surface area contributed by atoms with Crippen LogP contribution >= 0.6 is 0 Å². The van der Waals surface area contributed by atoms with Crippen LogP contribution in [0.5, 0.6) is 5.75 Å². The number of ether oxygens (including phenoxy) is 1. The number of hydrogen-bond donors (Lipinski definition) is 1. The van der Waals surface area contributed by atoms with Crippen molar-refractivity contribution in [3.63, 3.8) is 0 Å². The number of amides is 2. The summed E-state index contributed by atoms with van der Waals surface area (Å²) in [5.41, 5.74) is 0.683. The van der Waals surface area contributed by atoms with Gasteiger partial charge in [-0.25, -0.2) is 0 Å². The fourth-order valence-electron chi connectivity index (χ4n) is 2.48. The Morgan fingerprint density at radius 1 is 1.42 bits per heavy atom. The molecule has 2 heterocycles. The van der Waals surface area contributed by atoms with Gasteiger partial charge < -0.3 is 19.5 Å². The number of nitrogens with one attached hydrogen (secondary N) is 1. The number of carbonyl (C=O) groups excluding carboxylic acids is 2. The molecule has 0 bridgehead atoms.